The Hall–Kier alpha value is -3.16. The van der Waals surface area contributed by atoms with Crippen LogP contribution in [0.1, 0.15) is 40.2 Å². The Balaban J connectivity index is 1.62. The third kappa shape index (κ3) is 3.49. The van der Waals surface area contributed by atoms with Gasteiger partial charge in [0.15, 0.2) is 5.69 Å². The van der Waals surface area contributed by atoms with Gasteiger partial charge in [0.1, 0.15) is 0 Å². The maximum atomic E-state index is 13.3. The number of amides is 1. The number of hydrogen-bond donors (Lipinski definition) is 1. The van der Waals surface area contributed by atoms with Crippen LogP contribution in [-0.4, -0.2) is 20.7 Å². The highest BCUT2D eigenvalue weighted by Gasteiger charge is 2.39. The van der Waals surface area contributed by atoms with Crippen molar-refractivity contribution in [2.24, 2.45) is 0 Å². The molecule has 2 heterocycles. The van der Waals surface area contributed by atoms with E-state index in [0.717, 1.165) is 12.8 Å². The lowest BCUT2D eigenvalue weighted by Crippen LogP contribution is -2.12. The van der Waals surface area contributed by atoms with Gasteiger partial charge in [-0.2, -0.15) is 18.3 Å². The molecule has 0 saturated carbocycles. The van der Waals surface area contributed by atoms with Gasteiger partial charge in [0.25, 0.3) is 5.91 Å². The predicted octanol–water partition coefficient (Wildman–Crippen LogP) is 4.42. The molecule has 0 saturated heterocycles. The van der Waals surface area contributed by atoms with Gasteiger partial charge in [-0.3, -0.25) is 9.78 Å². The van der Waals surface area contributed by atoms with Crippen molar-refractivity contribution in [2.75, 3.05) is 5.32 Å². The Morgan fingerprint density at radius 2 is 1.82 bits per heavy atom. The molecule has 0 unspecified atom stereocenters. The van der Waals surface area contributed by atoms with Gasteiger partial charge in [-0.25, -0.2) is 4.68 Å². The van der Waals surface area contributed by atoms with Crippen LogP contribution in [0, 0.1) is 0 Å². The van der Waals surface area contributed by atoms with Gasteiger partial charge < -0.3 is 5.32 Å². The number of fused-ring (bicyclic) bond motifs is 1. The average Bonchev–Trinajstić information content (AvgIpc) is 3.09. The highest BCUT2D eigenvalue weighted by Crippen LogP contribution is 2.36. The van der Waals surface area contributed by atoms with E-state index in [0.29, 0.717) is 35.5 Å². The van der Waals surface area contributed by atoms with Gasteiger partial charge in [-0.15, -0.1) is 0 Å². The lowest BCUT2D eigenvalue weighted by Gasteiger charge is -2.15. The third-order valence-corrected chi connectivity index (χ3v) is 4.74. The molecule has 8 heteroatoms. The van der Waals surface area contributed by atoms with Crippen molar-refractivity contribution in [3.63, 3.8) is 0 Å². The molecule has 2 aromatic heterocycles. The minimum Gasteiger partial charge on any atom is -0.321 e. The molecule has 1 aliphatic carbocycles. The van der Waals surface area contributed by atoms with E-state index >= 15 is 0 Å². The van der Waals surface area contributed by atoms with Crippen LogP contribution >= 0.6 is 0 Å². The van der Waals surface area contributed by atoms with Gasteiger partial charge in [-0.05, 0) is 62.1 Å². The maximum absolute atomic E-state index is 13.3. The van der Waals surface area contributed by atoms with Crippen LogP contribution in [0.15, 0.2) is 48.8 Å². The zero-order chi connectivity index (χ0) is 19.7. The van der Waals surface area contributed by atoms with Crippen molar-refractivity contribution >= 4 is 11.6 Å². The summed E-state index contributed by atoms with van der Waals surface area (Å²) in [5, 5.41) is 6.58. The zero-order valence-electron chi connectivity index (χ0n) is 14.8. The van der Waals surface area contributed by atoms with Gasteiger partial charge in [0.2, 0.25) is 0 Å². The minimum atomic E-state index is -4.48. The van der Waals surface area contributed by atoms with Crippen molar-refractivity contribution in [1.29, 1.82) is 0 Å². The van der Waals surface area contributed by atoms with E-state index in [1.807, 2.05) is 0 Å². The van der Waals surface area contributed by atoms with Gasteiger partial charge in [-0.1, -0.05) is 0 Å². The number of carbonyl (C=O) groups is 1. The highest BCUT2D eigenvalue weighted by molar-refractivity contribution is 6.04. The molecule has 0 atom stereocenters. The smallest absolute Gasteiger partial charge is 0.321 e. The number of nitrogens with one attached hydrogen (secondary N) is 1. The Labute approximate surface area is 159 Å². The van der Waals surface area contributed by atoms with Crippen molar-refractivity contribution in [3.05, 3.63) is 71.3 Å². The molecule has 1 aromatic carbocycles. The first-order valence-electron chi connectivity index (χ1n) is 8.93. The molecule has 144 valence electrons. The van der Waals surface area contributed by atoms with Crippen molar-refractivity contribution in [2.45, 2.75) is 31.9 Å². The molecule has 0 radical (unpaired) electrons. The Morgan fingerprint density at radius 1 is 1.07 bits per heavy atom. The molecule has 0 spiro atoms. The zero-order valence-corrected chi connectivity index (χ0v) is 14.8. The second-order valence-corrected chi connectivity index (χ2v) is 6.63. The molecule has 4 rings (SSSR count). The predicted molar refractivity (Wildman–Crippen MR) is 97.4 cm³/mol. The number of pyridine rings is 1. The molecular formula is C20H17F3N4O. The lowest BCUT2D eigenvalue weighted by atomic mass is 9.95. The SMILES string of the molecule is O=C(Nc1cccnc1)c1ccc(-n2nc(C(F)(F)F)c3c2CCCC3)cc1. The summed E-state index contributed by atoms with van der Waals surface area (Å²) in [6.07, 6.45) is 1.16. The number of halogens is 3. The minimum absolute atomic E-state index is 0.289. The lowest BCUT2D eigenvalue weighted by molar-refractivity contribution is -0.142. The fraction of sp³-hybridized carbons (Fsp3) is 0.250. The fourth-order valence-electron chi connectivity index (χ4n) is 3.43. The Kier molecular flexibility index (Phi) is 4.62. The molecule has 3 aromatic rings. The van der Waals surface area contributed by atoms with Crippen LogP contribution in [0.3, 0.4) is 0 Å². The van der Waals surface area contributed by atoms with E-state index in [1.54, 1.807) is 42.6 Å². The summed E-state index contributed by atoms with van der Waals surface area (Å²) in [6.45, 7) is 0. The van der Waals surface area contributed by atoms with Crippen molar-refractivity contribution in [1.82, 2.24) is 14.8 Å². The second kappa shape index (κ2) is 7.10. The number of aromatic nitrogens is 3. The number of benzene rings is 1. The van der Waals surface area contributed by atoms with Gasteiger partial charge in [0.05, 0.1) is 17.6 Å². The first-order chi connectivity index (χ1) is 13.4. The van der Waals surface area contributed by atoms with Crippen LogP contribution in [0.2, 0.25) is 0 Å². The van der Waals surface area contributed by atoms with E-state index in [4.69, 9.17) is 0 Å². The summed E-state index contributed by atoms with van der Waals surface area (Å²) in [7, 11) is 0. The highest BCUT2D eigenvalue weighted by atomic mass is 19.4. The van der Waals surface area contributed by atoms with Crippen LogP contribution in [0.5, 0.6) is 0 Å². The number of hydrogen-bond acceptors (Lipinski definition) is 3. The van der Waals surface area contributed by atoms with Gasteiger partial charge >= 0.3 is 6.18 Å². The average molecular weight is 386 g/mol. The first-order valence-corrected chi connectivity index (χ1v) is 8.93. The van der Waals surface area contributed by atoms with Gasteiger partial charge in [0, 0.05) is 23.0 Å². The summed E-state index contributed by atoms with van der Waals surface area (Å²) >= 11 is 0. The van der Waals surface area contributed by atoms with Crippen LogP contribution in [-0.2, 0) is 19.0 Å². The number of anilines is 1. The number of rotatable bonds is 3. The quantitative estimate of drug-likeness (QED) is 0.725. The monoisotopic (exact) mass is 386 g/mol. The van der Waals surface area contributed by atoms with Crippen molar-refractivity contribution < 1.29 is 18.0 Å². The summed E-state index contributed by atoms with van der Waals surface area (Å²) in [5.41, 5.74) is 1.55. The van der Waals surface area contributed by atoms with Crippen LogP contribution in [0.25, 0.3) is 5.69 Å². The molecule has 1 N–H and O–H groups in total. The third-order valence-electron chi connectivity index (χ3n) is 4.74. The molecule has 1 amide bonds. The van der Waals surface area contributed by atoms with Crippen LogP contribution in [0.4, 0.5) is 18.9 Å². The molecule has 1 aliphatic rings. The number of nitrogens with zero attached hydrogens (tertiary/aromatic N) is 3. The number of carbonyl (C=O) groups excluding carboxylic acids is 1. The normalized spacial score (nSPS) is 13.8. The topological polar surface area (TPSA) is 59.8 Å². The largest absolute Gasteiger partial charge is 0.435 e. The van der Waals surface area contributed by atoms with Crippen molar-refractivity contribution in [3.8, 4) is 5.69 Å². The molecular weight excluding hydrogens is 369 g/mol. The molecule has 0 bridgehead atoms. The van der Waals surface area contributed by atoms with E-state index in [1.165, 1.54) is 10.9 Å². The molecule has 0 aliphatic heterocycles. The number of alkyl halides is 3. The van der Waals surface area contributed by atoms with E-state index in [2.05, 4.69) is 15.4 Å². The first kappa shape index (κ1) is 18.2. The maximum Gasteiger partial charge on any atom is 0.435 e. The Bertz CT molecular complexity index is 995. The standard InChI is InChI=1S/C20H17F3N4O/c21-20(22,23)18-16-5-1-2-6-17(16)27(26-18)15-9-7-13(8-10-15)19(28)25-14-4-3-11-24-12-14/h3-4,7-12H,1-2,5-6H2,(H,25,28). The molecule has 5 nitrogen and oxygen atoms in total. The summed E-state index contributed by atoms with van der Waals surface area (Å²) < 4.78 is 41.4. The second-order valence-electron chi connectivity index (χ2n) is 6.63. The molecule has 0 fully saturated rings. The Morgan fingerprint density at radius 3 is 2.50 bits per heavy atom. The summed E-state index contributed by atoms with van der Waals surface area (Å²) in [4.78, 5) is 16.3. The van der Waals surface area contributed by atoms with E-state index in [-0.39, 0.29) is 11.5 Å². The molecule has 28 heavy (non-hydrogen) atoms. The van der Waals surface area contributed by atoms with E-state index < -0.39 is 11.9 Å². The van der Waals surface area contributed by atoms with Crippen LogP contribution < -0.4 is 5.32 Å². The summed E-state index contributed by atoms with van der Waals surface area (Å²) in [5.74, 6) is -0.321. The summed E-state index contributed by atoms with van der Waals surface area (Å²) in [6, 6.07) is 9.79. The fourth-order valence-corrected chi connectivity index (χ4v) is 3.43. The van der Waals surface area contributed by atoms with E-state index in [9.17, 15) is 18.0 Å².